The third-order valence-electron chi connectivity index (χ3n) is 2.94. The maximum atomic E-state index is 11.7. The fourth-order valence-corrected chi connectivity index (χ4v) is 1.74. The quantitative estimate of drug-likeness (QED) is 0.756. The summed E-state index contributed by atoms with van der Waals surface area (Å²) in [6, 6.07) is 9.00. The molecule has 0 saturated heterocycles. The van der Waals surface area contributed by atoms with Crippen LogP contribution >= 0.6 is 0 Å². The molecule has 102 valence electrons. The summed E-state index contributed by atoms with van der Waals surface area (Å²) < 4.78 is 5.13. The third-order valence-corrected chi connectivity index (χ3v) is 2.94. The van der Waals surface area contributed by atoms with Gasteiger partial charge in [-0.2, -0.15) is 0 Å². The Morgan fingerprint density at radius 3 is 2.47 bits per heavy atom. The predicted octanol–water partition coefficient (Wildman–Crippen LogP) is 1.53. The fraction of sp³-hybridized carbons (Fsp3) is 0.429. The van der Waals surface area contributed by atoms with Gasteiger partial charge in [0.15, 0.2) is 0 Å². The molecule has 0 atom stereocenters. The van der Waals surface area contributed by atoms with Crippen LogP contribution in [-0.2, 0) is 14.3 Å². The first kappa shape index (κ1) is 13.4. The number of hydrogen-bond acceptors (Lipinski definition) is 4. The molecule has 1 aromatic rings. The number of carboxylic acid groups (broad SMARTS) is 1. The number of nitrogens with zero attached hydrogens (tertiary/aromatic N) is 1. The summed E-state index contributed by atoms with van der Waals surface area (Å²) >= 11 is 0. The molecule has 1 aliphatic carbocycles. The van der Waals surface area contributed by atoms with Crippen molar-refractivity contribution in [2.45, 2.75) is 12.8 Å². The number of rotatable bonds is 7. The Bertz CT molecular complexity index is 442. The minimum atomic E-state index is -0.973. The molecule has 0 spiro atoms. The van der Waals surface area contributed by atoms with Crippen molar-refractivity contribution >= 4 is 17.6 Å². The minimum Gasteiger partial charge on any atom is -0.480 e. The van der Waals surface area contributed by atoms with Crippen LogP contribution in [-0.4, -0.2) is 36.7 Å². The van der Waals surface area contributed by atoms with Crippen molar-refractivity contribution in [3.05, 3.63) is 30.3 Å². The second-order valence-corrected chi connectivity index (χ2v) is 4.71. The Labute approximate surface area is 111 Å². The number of ether oxygens (including phenoxy) is 1. The van der Waals surface area contributed by atoms with Gasteiger partial charge in [-0.15, -0.1) is 0 Å². The summed E-state index contributed by atoms with van der Waals surface area (Å²) in [6.07, 6.45) is 2.23. The minimum absolute atomic E-state index is 0.0387. The number of hydrogen-bond donors (Lipinski definition) is 1. The number of esters is 1. The summed E-state index contributed by atoms with van der Waals surface area (Å²) in [4.78, 5) is 24.0. The number of carboxylic acids is 1. The number of carbonyl (C=O) groups is 2. The summed E-state index contributed by atoms with van der Waals surface area (Å²) in [5, 5.41) is 8.89. The largest absolute Gasteiger partial charge is 0.480 e. The van der Waals surface area contributed by atoms with Crippen LogP contribution in [0.3, 0.4) is 0 Å². The molecular formula is C14H17NO4. The van der Waals surface area contributed by atoms with Gasteiger partial charge in [-0.05, 0) is 30.9 Å². The fourth-order valence-electron chi connectivity index (χ4n) is 1.74. The van der Waals surface area contributed by atoms with Gasteiger partial charge in [-0.25, -0.2) is 0 Å². The third kappa shape index (κ3) is 4.62. The van der Waals surface area contributed by atoms with E-state index in [9.17, 15) is 9.59 Å². The van der Waals surface area contributed by atoms with E-state index in [4.69, 9.17) is 9.84 Å². The number of benzene rings is 1. The van der Waals surface area contributed by atoms with Crippen LogP contribution in [0.5, 0.6) is 0 Å². The van der Waals surface area contributed by atoms with Crippen molar-refractivity contribution in [1.29, 1.82) is 0 Å². The second-order valence-electron chi connectivity index (χ2n) is 4.71. The van der Waals surface area contributed by atoms with E-state index in [0.29, 0.717) is 18.2 Å². The maximum absolute atomic E-state index is 11.7. The van der Waals surface area contributed by atoms with E-state index in [0.717, 1.165) is 12.8 Å². The van der Waals surface area contributed by atoms with Crippen LogP contribution in [0.4, 0.5) is 5.69 Å². The van der Waals surface area contributed by atoms with E-state index in [1.54, 1.807) is 24.3 Å². The van der Waals surface area contributed by atoms with Gasteiger partial charge < -0.3 is 14.7 Å². The van der Waals surface area contributed by atoms with Crippen LogP contribution in [0.25, 0.3) is 0 Å². The summed E-state index contributed by atoms with van der Waals surface area (Å²) in [5.41, 5.74) is 0.702. The molecule has 0 aliphatic heterocycles. The summed E-state index contributed by atoms with van der Waals surface area (Å²) in [5.74, 6) is -0.843. The normalized spacial score (nSPS) is 13.9. The molecule has 19 heavy (non-hydrogen) atoms. The lowest BCUT2D eigenvalue weighted by atomic mass is 10.3. The van der Waals surface area contributed by atoms with Gasteiger partial charge in [-0.3, -0.25) is 9.59 Å². The first-order valence-corrected chi connectivity index (χ1v) is 6.32. The van der Waals surface area contributed by atoms with Gasteiger partial charge in [0.05, 0.1) is 6.61 Å². The van der Waals surface area contributed by atoms with Crippen molar-refractivity contribution in [2.75, 3.05) is 24.6 Å². The summed E-state index contributed by atoms with van der Waals surface area (Å²) in [7, 11) is 0. The zero-order chi connectivity index (χ0) is 13.7. The lowest BCUT2D eigenvalue weighted by Crippen LogP contribution is -2.35. The number of para-hydroxylation sites is 1. The van der Waals surface area contributed by atoms with Gasteiger partial charge in [0.1, 0.15) is 13.1 Å². The Morgan fingerprint density at radius 1 is 1.21 bits per heavy atom. The van der Waals surface area contributed by atoms with Gasteiger partial charge in [0.25, 0.3) is 0 Å². The van der Waals surface area contributed by atoms with Crippen molar-refractivity contribution in [3.63, 3.8) is 0 Å². The molecule has 0 bridgehead atoms. The van der Waals surface area contributed by atoms with E-state index in [1.807, 2.05) is 6.07 Å². The van der Waals surface area contributed by atoms with Gasteiger partial charge in [-0.1, -0.05) is 18.2 Å². The van der Waals surface area contributed by atoms with Crippen LogP contribution in [0.1, 0.15) is 12.8 Å². The zero-order valence-corrected chi connectivity index (χ0v) is 10.6. The monoisotopic (exact) mass is 263 g/mol. The topological polar surface area (TPSA) is 66.8 Å². The zero-order valence-electron chi connectivity index (χ0n) is 10.6. The van der Waals surface area contributed by atoms with E-state index >= 15 is 0 Å². The molecule has 0 amide bonds. The second kappa shape index (κ2) is 6.22. The van der Waals surface area contributed by atoms with Crippen molar-refractivity contribution in [1.82, 2.24) is 0 Å². The van der Waals surface area contributed by atoms with Gasteiger partial charge >= 0.3 is 11.9 Å². The van der Waals surface area contributed by atoms with Crippen LogP contribution in [0, 0.1) is 5.92 Å². The molecule has 1 aromatic carbocycles. The molecule has 5 nitrogen and oxygen atoms in total. The Balaban J connectivity index is 1.92. The Morgan fingerprint density at radius 2 is 1.89 bits per heavy atom. The van der Waals surface area contributed by atoms with Crippen LogP contribution < -0.4 is 4.90 Å². The Hall–Kier alpha value is -2.04. The molecule has 0 aromatic heterocycles. The van der Waals surface area contributed by atoms with Crippen molar-refractivity contribution in [2.24, 2.45) is 5.92 Å². The average Bonchev–Trinajstić information content (AvgIpc) is 3.20. The van der Waals surface area contributed by atoms with E-state index in [-0.39, 0.29) is 19.1 Å². The molecule has 0 radical (unpaired) electrons. The Kier molecular flexibility index (Phi) is 4.39. The van der Waals surface area contributed by atoms with Crippen LogP contribution in [0.15, 0.2) is 30.3 Å². The van der Waals surface area contributed by atoms with Crippen LogP contribution in [0.2, 0.25) is 0 Å². The van der Waals surface area contributed by atoms with Gasteiger partial charge in [0.2, 0.25) is 0 Å². The number of anilines is 1. The summed E-state index contributed by atoms with van der Waals surface area (Å²) in [6.45, 7) is 0.195. The molecule has 0 unspecified atom stereocenters. The van der Waals surface area contributed by atoms with Crippen molar-refractivity contribution < 1.29 is 19.4 Å². The molecule has 1 N–H and O–H groups in total. The van der Waals surface area contributed by atoms with E-state index < -0.39 is 5.97 Å². The smallest absolute Gasteiger partial charge is 0.325 e. The molecule has 2 rings (SSSR count). The lowest BCUT2D eigenvalue weighted by Gasteiger charge is -2.21. The van der Waals surface area contributed by atoms with Gasteiger partial charge in [0, 0.05) is 5.69 Å². The highest BCUT2D eigenvalue weighted by molar-refractivity contribution is 5.80. The van der Waals surface area contributed by atoms with E-state index in [2.05, 4.69) is 0 Å². The molecular weight excluding hydrogens is 246 g/mol. The lowest BCUT2D eigenvalue weighted by molar-refractivity contribution is -0.142. The number of aliphatic carboxylic acids is 1. The predicted molar refractivity (Wildman–Crippen MR) is 70.0 cm³/mol. The van der Waals surface area contributed by atoms with Crippen molar-refractivity contribution in [3.8, 4) is 0 Å². The maximum Gasteiger partial charge on any atom is 0.325 e. The van der Waals surface area contributed by atoms with E-state index in [1.165, 1.54) is 4.90 Å². The molecule has 1 fully saturated rings. The first-order chi connectivity index (χ1) is 9.15. The molecule has 0 heterocycles. The highest BCUT2D eigenvalue weighted by atomic mass is 16.5. The molecule has 1 aliphatic rings. The SMILES string of the molecule is O=C(O)CN(CC(=O)OCC1CC1)c1ccccc1. The standard InChI is InChI=1S/C14H17NO4/c16-13(17)8-15(12-4-2-1-3-5-12)9-14(18)19-10-11-6-7-11/h1-5,11H,6-10H2,(H,16,17). The highest BCUT2D eigenvalue weighted by Gasteiger charge is 2.24. The molecule has 5 heteroatoms. The molecule has 1 saturated carbocycles. The number of carbonyl (C=O) groups excluding carboxylic acids is 1. The average molecular weight is 263 g/mol. The highest BCUT2D eigenvalue weighted by Crippen LogP contribution is 2.28. The first-order valence-electron chi connectivity index (χ1n) is 6.32.